The number of nitrogens with one attached hydrogen (secondary N) is 3. The highest BCUT2D eigenvalue weighted by Crippen LogP contribution is 2.40. The van der Waals surface area contributed by atoms with Gasteiger partial charge in [-0.1, -0.05) is 0 Å². The Morgan fingerprint density at radius 2 is 2.06 bits per heavy atom. The molecule has 1 aliphatic carbocycles. The molecular weight excluding hydrogens is 396 g/mol. The van der Waals surface area contributed by atoms with Crippen LogP contribution in [-0.4, -0.2) is 40.7 Å². The SMILES string of the molecule is CNC(=O)c1cnc(NC(=O)C2CC2)cc1Nc1ccc2nn3c(c2c1OC)CCC3. The van der Waals surface area contributed by atoms with Crippen molar-refractivity contribution in [2.24, 2.45) is 5.92 Å². The van der Waals surface area contributed by atoms with Gasteiger partial charge in [0.1, 0.15) is 5.82 Å². The first-order chi connectivity index (χ1) is 15.1. The van der Waals surface area contributed by atoms with Gasteiger partial charge in [-0.2, -0.15) is 5.10 Å². The van der Waals surface area contributed by atoms with E-state index < -0.39 is 0 Å². The van der Waals surface area contributed by atoms with Crippen molar-refractivity contribution in [1.82, 2.24) is 20.1 Å². The second-order valence-corrected chi connectivity index (χ2v) is 7.90. The lowest BCUT2D eigenvalue weighted by molar-refractivity contribution is -0.117. The van der Waals surface area contributed by atoms with Crippen LogP contribution in [0.2, 0.25) is 0 Å². The average molecular weight is 420 g/mol. The Morgan fingerprint density at radius 1 is 1.23 bits per heavy atom. The Balaban J connectivity index is 1.55. The molecule has 1 saturated carbocycles. The lowest BCUT2D eigenvalue weighted by Crippen LogP contribution is -2.20. The van der Waals surface area contributed by atoms with Crippen LogP contribution in [0.4, 0.5) is 17.2 Å². The van der Waals surface area contributed by atoms with Crippen molar-refractivity contribution in [3.63, 3.8) is 0 Å². The summed E-state index contributed by atoms with van der Waals surface area (Å²) in [6, 6.07) is 5.51. The van der Waals surface area contributed by atoms with E-state index >= 15 is 0 Å². The number of aromatic nitrogens is 3. The quantitative estimate of drug-likeness (QED) is 0.566. The van der Waals surface area contributed by atoms with Gasteiger partial charge in [-0.3, -0.25) is 14.3 Å². The van der Waals surface area contributed by atoms with Crippen LogP contribution in [0.1, 0.15) is 35.3 Å². The summed E-state index contributed by atoms with van der Waals surface area (Å²) in [4.78, 5) is 28.9. The minimum absolute atomic E-state index is 0.0411. The lowest BCUT2D eigenvalue weighted by atomic mass is 10.1. The highest BCUT2D eigenvalue weighted by Gasteiger charge is 2.30. The van der Waals surface area contributed by atoms with Gasteiger partial charge >= 0.3 is 0 Å². The molecule has 0 spiro atoms. The summed E-state index contributed by atoms with van der Waals surface area (Å²) in [6.07, 6.45) is 5.29. The number of benzene rings is 1. The standard InChI is InChI=1S/C22H24N6O3/c1-23-22(30)13-11-24-18(26-21(29)12-5-6-12)10-16(13)25-15-8-7-14-19(20(15)31-2)17-4-3-9-28(17)27-14/h7-8,10-12H,3-6,9H2,1-2H3,(H,23,30)(H2,24,25,26,29). The van der Waals surface area contributed by atoms with Crippen molar-refractivity contribution in [3.8, 4) is 5.75 Å². The van der Waals surface area contributed by atoms with E-state index in [4.69, 9.17) is 4.74 Å². The fraction of sp³-hybridized carbons (Fsp3) is 0.364. The summed E-state index contributed by atoms with van der Waals surface area (Å²) < 4.78 is 7.81. The molecule has 3 aromatic rings. The van der Waals surface area contributed by atoms with Gasteiger partial charge in [-0.15, -0.1) is 0 Å². The Morgan fingerprint density at radius 3 is 2.81 bits per heavy atom. The van der Waals surface area contributed by atoms with Crippen molar-refractivity contribution in [3.05, 3.63) is 35.7 Å². The first-order valence-corrected chi connectivity index (χ1v) is 10.5. The predicted octanol–water partition coefficient (Wildman–Crippen LogP) is 2.84. The zero-order valence-electron chi connectivity index (χ0n) is 17.5. The zero-order chi connectivity index (χ0) is 21.5. The Hall–Kier alpha value is -3.62. The molecule has 2 aromatic heterocycles. The smallest absolute Gasteiger partial charge is 0.254 e. The largest absolute Gasteiger partial charge is 0.494 e. The third-order valence-corrected chi connectivity index (χ3v) is 5.80. The van der Waals surface area contributed by atoms with Crippen LogP contribution < -0.4 is 20.7 Å². The van der Waals surface area contributed by atoms with Gasteiger partial charge in [0, 0.05) is 31.8 Å². The van der Waals surface area contributed by atoms with Gasteiger partial charge in [0.05, 0.1) is 40.6 Å². The maximum Gasteiger partial charge on any atom is 0.254 e. The van der Waals surface area contributed by atoms with E-state index in [1.165, 1.54) is 6.20 Å². The van der Waals surface area contributed by atoms with Crippen LogP contribution in [0.5, 0.6) is 5.75 Å². The van der Waals surface area contributed by atoms with Gasteiger partial charge in [0.15, 0.2) is 5.75 Å². The third kappa shape index (κ3) is 3.45. The van der Waals surface area contributed by atoms with E-state index in [0.29, 0.717) is 28.5 Å². The lowest BCUT2D eigenvalue weighted by Gasteiger charge is -2.16. The molecule has 3 heterocycles. The number of pyridine rings is 1. The fourth-order valence-electron chi connectivity index (χ4n) is 4.06. The average Bonchev–Trinajstić information content (AvgIpc) is 3.43. The third-order valence-electron chi connectivity index (χ3n) is 5.80. The number of anilines is 3. The molecule has 0 bridgehead atoms. The maximum atomic E-state index is 12.4. The van der Waals surface area contributed by atoms with Crippen molar-refractivity contribution < 1.29 is 14.3 Å². The molecule has 2 aliphatic rings. The van der Waals surface area contributed by atoms with Crippen LogP contribution in [0.3, 0.4) is 0 Å². The van der Waals surface area contributed by atoms with E-state index in [-0.39, 0.29) is 17.7 Å². The molecule has 5 rings (SSSR count). The molecule has 0 unspecified atom stereocenters. The van der Waals surface area contributed by atoms with Crippen LogP contribution in [-0.2, 0) is 17.8 Å². The van der Waals surface area contributed by atoms with Crippen molar-refractivity contribution in [1.29, 1.82) is 0 Å². The first kappa shape index (κ1) is 19.3. The van der Waals surface area contributed by atoms with Crippen molar-refractivity contribution in [2.45, 2.75) is 32.2 Å². The monoisotopic (exact) mass is 420 g/mol. The van der Waals surface area contributed by atoms with Crippen LogP contribution in [0.25, 0.3) is 10.9 Å². The number of carbonyl (C=O) groups is 2. The number of ether oxygens (including phenoxy) is 1. The summed E-state index contributed by atoms with van der Waals surface area (Å²) in [6.45, 7) is 0.908. The van der Waals surface area contributed by atoms with E-state index in [0.717, 1.165) is 48.8 Å². The summed E-state index contributed by atoms with van der Waals surface area (Å²) in [5.74, 6) is 0.827. The predicted molar refractivity (Wildman–Crippen MR) is 117 cm³/mol. The second kappa shape index (κ2) is 7.57. The van der Waals surface area contributed by atoms with E-state index in [1.54, 1.807) is 20.2 Å². The number of methoxy groups -OCH3 is 1. The van der Waals surface area contributed by atoms with Gasteiger partial charge < -0.3 is 20.7 Å². The van der Waals surface area contributed by atoms with Crippen LogP contribution in [0.15, 0.2) is 24.4 Å². The van der Waals surface area contributed by atoms with E-state index in [9.17, 15) is 9.59 Å². The number of rotatable bonds is 6. The number of hydrogen-bond donors (Lipinski definition) is 3. The second-order valence-electron chi connectivity index (χ2n) is 7.90. The Labute approximate surface area is 179 Å². The number of amides is 2. The van der Waals surface area contributed by atoms with Gasteiger partial charge in [0.25, 0.3) is 5.91 Å². The van der Waals surface area contributed by atoms with E-state index in [1.807, 2.05) is 16.8 Å². The molecule has 3 N–H and O–H groups in total. The number of fused-ring (bicyclic) bond motifs is 3. The topological polar surface area (TPSA) is 110 Å². The Bertz CT molecular complexity index is 1200. The molecule has 9 heteroatoms. The van der Waals surface area contributed by atoms with Gasteiger partial charge in [-0.05, 0) is 37.8 Å². The normalized spacial score (nSPS) is 14.9. The molecule has 2 amide bonds. The van der Waals surface area contributed by atoms with Crippen molar-refractivity contribution >= 4 is 39.9 Å². The van der Waals surface area contributed by atoms with Crippen LogP contribution >= 0.6 is 0 Å². The maximum absolute atomic E-state index is 12.4. The number of carbonyl (C=O) groups excluding carboxylic acids is 2. The highest BCUT2D eigenvalue weighted by atomic mass is 16.5. The highest BCUT2D eigenvalue weighted by molar-refractivity contribution is 6.02. The molecule has 0 atom stereocenters. The zero-order valence-corrected chi connectivity index (χ0v) is 17.5. The molecule has 31 heavy (non-hydrogen) atoms. The van der Waals surface area contributed by atoms with Crippen LogP contribution in [0, 0.1) is 5.92 Å². The molecule has 1 aliphatic heterocycles. The van der Waals surface area contributed by atoms with Crippen molar-refractivity contribution in [2.75, 3.05) is 24.8 Å². The Kier molecular flexibility index (Phi) is 4.72. The minimum Gasteiger partial charge on any atom is -0.494 e. The molecule has 9 nitrogen and oxygen atoms in total. The summed E-state index contributed by atoms with van der Waals surface area (Å²) in [7, 11) is 3.20. The molecule has 0 saturated heterocycles. The minimum atomic E-state index is -0.276. The molecule has 1 aromatic carbocycles. The number of hydrogen-bond acceptors (Lipinski definition) is 6. The summed E-state index contributed by atoms with van der Waals surface area (Å²) in [5, 5.41) is 14.4. The van der Waals surface area contributed by atoms with Gasteiger partial charge in [-0.25, -0.2) is 4.98 Å². The molecular formula is C22H24N6O3. The van der Waals surface area contributed by atoms with Gasteiger partial charge in [0.2, 0.25) is 5.91 Å². The summed E-state index contributed by atoms with van der Waals surface area (Å²) in [5.41, 5.74) is 3.66. The van der Waals surface area contributed by atoms with E-state index in [2.05, 4.69) is 26.0 Å². The fourth-order valence-corrected chi connectivity index (χ4v) is 4.06. The number of aryl methyl sites for hydroxylation is 2. The first-order valence-electron chi connectivity index (χ1n) is 10.5. The molecule has 1 fully saturated rings. The number of nitrogens with zero attached hydrogens (tertiary/aromatic N) is 3. The molecule has 160 valence electrons. The molecule has 0 radical (unpaired) electrons. The summed E-state index contributed by atoms with van der Waals surface area (Å²) >= 11 is 0.